The van der Waals surface area contributed by atoms with E-state index in [1.54, 1.807) is 0 Å². The Balaban J connectivity index is 0.00000162. The van der Waals surface area contributed by atoms with E-state index >= 15 is 0 Å². The van der Waals surface area contributed by atoms with Crippen LogP contribution in [0.4, 0.5) is 0 Å². The van der Waals surface area contributed by atoms with Crippen LogP contribution < -0.4 is 11.1 Å². The van der Waals surface area contributed by atoms with Gasteiger partial charge in [0.05, 0.1) is 5.60 Å². The van der Waals surface area contributed by atoms with Crippen LogP contribution in [0.25, 0.3) is 0 Å². The monoisotopic (exact) mass is 276 g/mol. The third-order valence-electron chi connectivity index (χ3n) is 4.24. The maximum Gasteiger partial charge on any atom is 0.223 e. The molecule has 1 amide bonds. The Kier molecular flexibility index (Phi) is 5.89. The van der Waals surface area contributed by atoms with Gasteiger partial charge in [-0.05, 0) is 45.1 Å². The van der Waals surface area contributed by atoms with Crippen molar-refractivity contribution >= 4 is 18.3 Å². The molecule has 106 valence electrons. The summed E-state index contributed by atoms with van der Waals surface area (Å²) in [6, 6.07) is 0. The van der Waals surface area contributed by atoms with Gasteiger partial charge in [0.25, 0.3) is 0 Å². The van der Waals surface area contributed by atoms with Gasteiger partial charge in [-0.1, -0.05) is 6.42 Å². The van der Waals surface area contributed by atoms with Crippen molar-refractivity contribution in [3.63, 3.8) is 0 Å². The second-order valence-electron chi connectivity index (χ2n) is 5.65. The van der Waals surface area contributed by atoms with Gasteiger partial charge in [0.15, 0.2) is 0 Å². The Labute approximate surface area is 115 Å². The first-order valence-electron chi connectivity index (χ1n) is 6.76. The van der Waals surface area contributed by atoms with E-state index in [9.17, 15) is 4.79 Å². The number of nitrogens with one attached hydrogen (secondary N) is 1. The van der Waals surface area contributed by atoms with Crippen molar-refractivity contribution in [1.29, 1.82) is 0 Å². The molecule has 5 heteroatoms. The fourth-order valence-corrected chi connectivity index (χ4v) is 3.05. The second-order valence-corrected chi connectivity index (χ2v) is 5.65. The van der Waals surface area contributed by atoms with Crippen LogP contribution in [0.1, 0.15) is 39.0 Å². The van der Waals surface area contributed by atoms with E-state index in [0.29, 0.717) is 19.0 Å². The normalized spacial score (nSPS) is 35.2. The number of carbonyl (C=O) groups excluding carboxylic acids is 1. The first kappa shape index (κ1) is 15.7. The van der Waals surface area contributed by atoms with Crippen LogP contribution in [0.15, 0.2) is 0 Å². The minimum Gasteiger partial charge on any atom is -0.373 e. The molecule has 1 aliphatic carbocycles. The Morgan fingerprint density at radius 2 is 2.22 bits per heavy atom. The number of nitrogens with two attached hydrogens (primary N) is 1. The average Bonchev–Trinajstić information content (AvgIpc) is 2.95. The molecule has 0 aromatic rings. The van der Waals surface area contributed by atoms with Gasteiger partial charge in [-0.3, -0.25) is 4.79 Å². The highest BCUT2D eigenvalue weighted by molar-refractivity contribution is 5.85. The highest BCUT2D eigenvalue weighted by Gasteiger charge is 2.34. The van der Waals surface area contributed by atoms with Crippen LogP contribution in [0.5, 0.6) is 0 Å². The van der Waals surface area contributed by atoms with Crippen molar-refractivity contribution in [2.24, 2.45) is 17.6 Å². The zero-order valence-corrected chi connectivity index (χ0v) is 11.9. The van der Waals surface area contributed by atoms with E-state index in [1.165, 1.54) is 0 Å². The van der Waals surface area contributed by atoms with E-state index < -0.39 is 0 Å². The van der Waals surface area contributed by atoms with Gasteiger partial charge in [-0.15, -0.1) is 12.4 Å². The minimum absolute atomic E-state index is 0. The summed E-state index contributed by atoms with van der Waals surface area (Å²) < 4.78 is 5.67. The van der Waals surface area contributed by atoms with Crippen LogP contribution in [-0.2, 0) is 9.53 Å². The molecule has 3 N–H and O–H groups in total. The molecule has 1 unspecified atom stereocenters. The van der Waals surface area contributed by atoms with Crippen molar-refractivity contribution < 1.29 is 9.53 Å². The molecule has 1 heterocycles. The van der Waals surface area contributed by atoms with Gasteiger partial charge in [-0.2, -0.15) is 0 Å². The van der Waals surface area contributed by atoms with Gasteiger partial charge < -0.3 is 15.8 Å². The number of rotatable bonds is 4. The van der Waals surface area contributed by atoms with Gasteiger partial charge in [0.1, 0.15) is 0 Å². The Hall–Kier alpha value is -0.320. The summed E-state index contributed by atoms with van der Waals surface area (Å²) in [6.07, 6.45) is 5.36. The van der Waals surface area contributed by atoms with Gasteiger partial charge in [-0.25, -0.2) is 0 Å². The first-order valence-corrected chi connectivity index (χ1v) is 6.76. The molecule has 0 radical (unpaired) electrons. The quantitative estimate of drug-likeness (QED) is 0.817. The van der Waals surface area contributed by atoms with E-state index in [0.717, 1.165) is 38.7 Å². The number of hydrogen-bond acceptors (Lipinski definition) is 3. The minimum atomic E-state index is -0.146. The Morgan fingerprint density at radius 1 is 1.44 bits per heavy atom. The third kappa shape index (κ3) is 3.59. The maximum absolute atomic E-state index is 12.1. The molecular weight excluding hydrogens is 252 g/mol. The smallest absolute Gasteiger partial charge is 0.223 e. The fourth-order valence-electron chi connectivity index (χ4n) is 3.05. The number of carbonyl (C=O) groups is 1. The lowest BCUT2D eigenvalue weighted by Gasteiger charge is -2.25. The van der Waals surface area contributed by atoms with E-state index in [4.69, 9.17) is 10.5 Å². The summed E-state index contributed by atoms with van der Waals surface area (Å²) in [5.41, 5.74) is 5.56. The molecule has 18 heavy (non-hydrogen) atoms. The van der Waals surface area contributed by atoms with Crippen LogP contribution in [0, 0.1) is 11.8 Å². The van der Waals surface area contributed by atoms with Crippen molar-refractivity contribution in [3.8, 4) is 0 Å². The van der Waals surface area contributed by atoms with Crippen molar-refractivity contribution in [2.75, 3.05) is 19.7 Å². The number of amides is 1. The number of hydrogen-bond donors (Lipinski definition) is 2. The molecule has 3 atom stereocenters. The van der Waals surface area contributed by atoms with Crippen molar-refractivity contribution in [2.45, 2.75) is 44.6 Å². The summed E-state index contributed by atoms with van der Waals surface area (Å²) in [7, 11) is 0. The summed E-state index contributed by atoms with van der Waals surface area (Å²) in [4.78, 5) is 12.1. The van der Waals surface area contributed by atoms with Gasteiger partial charge in [0, 0.05) is 19.1 Å². The Bertz CT molecular complexity index is 280. The highest BCUT2D eigenvalue weighted by atomic mass is 35.5. The predicted octanol–water partition coefficient (Wildman–Crippen LogP) is 1.47. The van der Waals surface area contributed by atoms with Gasteiger partial charge in [0.2, 0.25) is 5.91 Å². The number of ether oxygens (including phenoxy) is 1. The average molecular weight is 277 g/mol. The first-order chi connectivity index (χ1) is 8.14. The highest BCUT2D eigenvalue weighted by Crippen LogP contribution is 2.31. The molecule has 0 bridgehead atoms. The van der Waals surface area contributed by atoms with Crippen LogP contribution in [0.2, 0.25) is 0 Å². The summed E-state index contributed by atoms with van der Waals surface area (Å²) in [5.74, 6) is 0.687. The molecule has 1 saturated heterocycles. The topological polar surface area (TPSA) is 64.4 Å². The SMILES string of the molecule is CC1(CNC(=O)[C@@H]2CCC[C@@H]2CN)CCCO1.Cl. The molecule has 1 aliphatic heterocycles. The van der Waals surface area contributed by atoms with E-state index in [-0.39, 0.29) is 29.8 Å². The molecule has 0 aromatic heterocycles. The summed E-state index contributed by atoms with van der Waals surface area (Å²) >= 11 is 0. The molecular formula is C13H25ClN2O2. The molecule has 2 fully saturated rings. The molecule has 2 rings (SSSR count). The zero-order valence-electron chi connectivity index (χ0n) is 11.1. The third-order valence-corrected chi connectivity index (χ3v) is 4.24. The van der Waals surface area contributed by atoms with E-state index in [2.05, 4.69) is 12.2 Å². The largest absolute Gasteiger partial charge is 0.373 e. The zero-order chi connectivity index (χ0) is 12.3. The van der Waals surface area contributed by atoms with Crippen LogP contribution in [0.3, 0.4) is 0 Å². The van der Waals surface area contributed by atoms with Crippen LogP contribution >= 0.6 is 12.4 Å². The van der Waals surface area contributed by atoms with E-state index in [1.807, 2.05) is 0 Å². The molecule has 0 spiro atoms. The maximum atomic E-state index is 12.1. The fraction of sp³-hybridized carbons (Fsp3) is 0.923. The lowest BCUT2D eigenvalue weighted by Crippen LogP contribution is -2.43. The standard InChI is InChI=1S/C13H24N2O2.ClH/c1-13(6-3-7-17-13)9-15-12(16)11-5-2-4-10(11)8-14;/h10-11H,2-9,14H2,1H3,(H,15,16);1H/t10-,11-,13?;/m1./s1. The molecule has 0 aromatic carbocycles. The predicted molar refractivity (Wildman–Crippen MR) is 73.7 cm³/mol. The Morgan fingerprint density at radius 3 is 2.83 bits per heavy atom. The van der Waals surface area contributed by atoms with Crippen molar-refractivity contribution in [3.05, 3.63) is 0 Å². The lowest BCUT2D eigenvalue weighted by atomic mass is 9.94. The summed E-state index contributed by atoms with van der Waals surface area (Å²) in [5, 5.41) is 3.05. The van der Waals surface area contributed by atoms with Crippen molar-refractivity contribution in [1.82, 2.24) is 5.32 Å². The second kappa shape index (κ2) is 6.73. The lowest BCUT2D eigenvalue weighted by molar-refractivity contribution is -0.127. The molecule has 4 nitrogen and oxygen atoms in total. The van der Waals surface area contributed by atoms with Crippen LogP contribution in [-0.4, -0.2) is 31.2 Å². The number of halogens is 1. The molecule has 1 saturated carbocycles. The molecule has 2 aliphatic rings. The van der Waals surface area contributed by atoms with Gasteiger partial charge >= 0.3 is 0 Å². The summed E-state index contributed by atoms with van der Waals surface area (Å²) in [6.45, 7) is 4.17.